The molecule has 202 valence electrons. The minimum atomic E-state index is -0.244. The van der Waals surface area contributed by atoms with Crippen molar-refractivity contribution in [3.05, 3.63) is 82.1 Å². The van der Waals surface area contributed by atoms with Crippen LogP contribution in [-0.4, -0.2) is 42.8 Å². The van der Waals surface area contributed by atoms with Gasteiger partial charge in [-0.25, -0.2) is 4.98 Å². The zero-order chi connectivity index (χ0) is 27.4. The van der Waals surface area contributed by atoms with E-state index in [9.17, 15) is 9.59 Å². The van der Waals surface area contributed by atoms with Crippen LogP contribution < -0.4 is 25.1 Å². The number of carbonyl (C=O) groups excluding carboxylic acids is 1. The molecule has 0 aliphatic heterocycles. The van der Waals surface area contributed by atoms with Crippen molar-refractivity contribution < 1.29 is 19.0 Å². The molecular weight excluding hydrogens is 514 g/mol. The van der Waals surface area contributed by atoms with Crippen LogP contribution in [0.3, 0.4) is 0 Å². The number of hydrogen-bond acceptors (Lipinski definition) is 7. The van der Waals surface area contributed by atoms with E-state index in [1.165, 1.54) is 11.8 Å². The molecule has 1 aliphatic carbocycles. The molecule has 1 amide bonds. The Bertz CT molecular complexity index is 1540. The molecule has 5 rings (SSSR count). The average molecular weight is 546 g/mol. The molecule has 1 heterocycles. The lowest BCUT2D eigenvalue weighted by atomic mass is 10.1. The second-order valence-electron chi connectivity index (χ2n) is 9.43. The zero-order valence-electron chi connectivity index (χ0n) is 22.2. The van der Waals surface area contributed by atoms with Crippen LogP contribution in [0, 0.1) is 0 Å². The van der Waals surface area contributed by atoms with Gasteiger partial charge in [-0.2, -0.15) is 0 Å². The summed E-state index contributed by atoms with van der Waals surface area (Å²) < 4.78 is 17.8. The fourth-order valence-corrected chi connectivity index (χ4v) is 5.76. The van der Waals surface area contributed by atoms with Crippen molar-refractivity contribution >= 4 is 28.6 Å². The minimum absolute atomic E-state index is 0.141. The van der Waals surface area contributed by atoms with Crippen LogP contribution in [0.5, 0.6) is 17.2 Å². The first-order chi connectivity index (χ1) is 19.0. The van der Waals surface area contributed by atoms with E-state index in [0.717, 1.165) is 37.0 Å². The highest BCUT2D eigenvalue weighted by Gasteiger charge is 2.20. The maximum Gasteiger partial charge on any atom is 0.266 e. The number of rotatable bonds is 9. The van der Waals surface area contributed by atoms with Gasteiger partial charge in [-0.15, -0.1) is 0 Å². The number of hydrogen-bond donors (Lipinski definition) is 1. The van der Waals surface area contributed by atoms with E-state index < -0.39 is 0 Å². The lowest BCUT2D eigenvalue weighted by Crippen LogP contribution is -2.32. The molecular formula is C30H31N3O5S. The summed E-state index contributed by atoms with van der Waals surface area (Å²) >= 11 is 1.42. The molecule has 0 spiro atoms. The highest BCUT2D eigenvalue weighted by molar-refractivity contribution is 7.98. The first kappa shape index (κ1) is 26.6. The summed E-state index contributed by atoms with van der Waals surface area (Å²) in [6.45, 7) is 0. The van der Waals surface area contributed by atoms with E-state index in [0.29, 0.717) is 44.6 Å². The smallest absolute Gasteiger partial charge is 0.266 e. The van der Waals surface area contributed by atoms with Gasteiger partial charge in [0.25, 0.3) is 11.5 Å². The number of benzene rings is 3. The van der Waals surface area contributed by atoms with Crippen molar-refractivity contribution in [1.29, 1.82) is 0 Å². The molecule has 1 saturated carbocycles. The van der Waals surface area contributed by atoms with Gasteiger partial charge in [0.15, 0.2) is 5.16 Å². The van der Waals surface area contributed by atoms with Crippen molar-refractivity contribution in [2.45, 2.75) is 42.6 Å². The van der Waals surface area contributed by atoms with Gasteiger partial charge in [-0.1, -0.05) is 36.7 Å². The number of thioether (sulfide) groups is 1. The highest BCUT2D eigenvalue weighted by Crippen LogP contribution is 2.30. The van der Waals surface area contributed by atoms with Crippen LogP contribution in [0.15, 0.2) is 70.6 Å². The van der Waals surface area contributed by atoms with Crippen molar-refractivity contribution in [3.63, 3.8) is 0 Å². The maximum absolute atomic E-state index is 13.9. The molecule has 8 nitrogen and oxygen atoms in total. The maximum atomic E-state index is 13.9. The number of nitrogens with one attached hydrogen (secondary N) is 1. The van der Waals surface area contributed by atoms with Crippen LogP contribution in [0.2, 0.25) is 0 Å². The third-order valence-corrected chi connectivity index (χ3v) is 7.90. The minimum Gasteiger partial charge on any atom is -0.497 e. The lowest BCUT2D eigenvalue weighted by molar-refractivity contribution is 0.0938. The average Bonchev–Trinajstić information content (AvgIpc) is 3.48. The molecule has 9 heteroatoms. The molecule has 1 fully saturated rings. The molecule has 39 heavy (non-hydrogen) atoms. The Hall–Kier alpha value is -3.98. The Morgan fingerprint density at radius 2 is 1.67 bits per heavy atom. The molecule has 1 aromatic heterocycles. The third kappa shape index (κ3) is 5.88. The van der Waals surface area contributed by atoms with Gasteiger partial charge in [-0.05, 0) is 48.7 Å². The van der Waals surface area contributed by atoms with Gasteiger partial charge >= 0.3 is 0 Å². The summed E-state index contributed by atoms with van der Waals surface area (Å²) in [7, 11) is 4.76. The van der Waals surface area contributed by atoms with Crippen molar-refractivity contribution in [2.24, 2.45) is 0 Å². The lowest BCUT2D eigenvalue weighted by Gasteiger charge is -2.16. The molecule has 1 aliphatic rings. The number of amides is 1. The molecule has 1 N–H and O–H groups in total. The Morgan fingerprint density at radius 3 is 2.36 bits per heavy atom. The van der Waals surface area contributed by atoms with Gasteiger partial charge in [0, 0.05) is 35.6 Å². The fraction of sp³-hybridized carbons (Fsp3) is 0.300. The van der Waals surface area contributed by atoms with E-state index in [-0.39, 0.29) is 17.5 Å². The SMILES string of the molecule is COc1cccc(CSc2nc3cc(C(=O)NC4CCCC4)ccc3c(=O)n2-c2cc(OC)cc(OC)c2)c1. The summed E-state index contributed by atoms with van der Waals surface area (Å²) in [6, 6.07) is 18.3. The van der Waals surface area contributed by atoms with E-state index in [2.05, 4.69) is 5.32 Å². The number of methoxy groups -OCH3 is 3. The zero-order valence-corrected chi connectivity index (χ0v) is 23.0. The summed E-state index contributed by atoms with van der Waals surface area (Å²) in [6.07, 6.45) is 4.26. The first-order valence-electron chi connectivity index (χ1n) is 12.9. The van der Waals surface area contributed by atoms with Gasteiger partial charge in [0.1, 0.15) is 17.2 Å². The number of ether oxygens (including phenoxy) is 3. The third-order valence-electron chi connectivity index (χ3n) is 6.89. The van der Waals surface area contributed by atoms with Gasteiger partial charge in [0.05, 0.1) is 37.9 Å². The Kier molecular flexibility index (Phi) is 8.07. The number of carbonyl (C=O) groups is 1. The number of nitrogens with zero attached hydrogens (tertiary/aromatic N) is 2. The Labute approximate surface area is 231 Å². The first-order valence-corrected chi connectivity index (χ1v) is 13.8. The van der Waals surface area contributed by atoms with Crippen LogP contribution in [0.4, 0.5) is 0 Å². The molecule has 0 bridgehead atoms. The van der Waals surface area contributed by atoms with Crippen molar-refractivity contribution in [3.8, 4) is 22.9 Å². The van der Waals surface area contributed by atoms with Crippen LogP contribution >= 0.6 is 11.8 Å². The molecule has 0 saturated heterocycles. The standard InChI is InChI=1S/C30H31N3O5S/c1-36-23-10-6-7-19(13-23)18-39-30-32-27-14-20(28(34)31-21-8-4-5-9-21)11-12-26(27)29(35)33(30)22-15-24(37-2)17-25(16-22)38-3/h6-7,10-17,21H,4-5,8-9,18H2,1-3H3,(H,31,34). The number of aromatic nitrogens is 2. The van der Waals surface area contributed by atoms with Crippen molar-refractivity contribution in [2.75, 3.05) is 21.3 Å². The highest BCUT2D eigenvalue weighted by atomic mass is 32.2. The second-order valence-corrected chi connectivity index (χ2v) is 10.4. The van der Waals surface area contributed by atoms with Crippen LogP contribution in [0.1, 0.15) is 41.6 Å². The quantitative estimate of drug-likeness (QED) is 0.223. The molecule has 3 aromatic carbocycles. The summed E-state index contributed by atoms with van der Waals surface area (Å²) in [4.78, 5) is 31.8. The summed E-state index contributed by atoms with van der Waals surface area (Å²) in [5.41, 5.74) is 2.31. The summed E-state index contributed by atoms with van der Waals surface area (Å²) in [5, 5.41) is 4.02. The largest absolute Gasteiger partial charge is 0.497 e. The predicted octanol–water partition coefficient (Wildman–Crippen LogP) is 5.38. The molecule has 0 unspecified atom stereocenters. The van der Waals surface area contributed by atoms with Crippen LogP contribution in [-0.2, 0) is 5.75 Å². The van der Waals surface area contributed by atoms with Gasteiger partial charge in [0.2, 0.25) is 0 Å². The Balaban J connectivity index is 1.59. The fourth-order valence-electron chi connectivity index (χ4n) is 4.80. The number of fused-ring (bicyclic) bond motifs is 1. The summed E-state index contributed by atoms with van der Waals surface area (Å²) in [5.74, 6) is 2.28. The van der Waals surface area contributed by atoms with Gasteiger partial charge in [-0.3, -0.25) is 14.2 Å². The van der Waals surface area contributed by atoms with E-state index in [1.54, 1.807) is 62.3 Å². The van der Waals surface area contributed by atoms with Gasteiger partial charge < -0.3 is 19.5 Å². The monoisotopic (exact) mass is 545 g/mol. The second kappa shape index (κ2) is 11.8. The Morgan fingerprint density at radius 1 is 0.949 bits per heavy atom. The molecule has 0 radical (unpaired) electrons. The van der Waals surface area contributed by atoms with E-state index >= 15 is 0 Å². The topological polar surface area (TPSA) is 91.7 Å². The van der Waals surface area contributed by atoms with E-state index in [4.69, 9.17) is 19.2 Å². The van der Waals surface area contributed by atoms with Crippen LogP contribution in [0.25, 0.3) is 16.6 Å². The predicted molar refractivity (Wildman–Crippen MR) is 153 cm³/mol. The molecule has 0 atom stereocenters. The normalized spacial score (nSPS) is 13.4. The van der Waals surface area contributed by atoms with Crippen molar-refractivity contribution in [1.82, 2.24) is 14.9 Å². The van der Waals surface area contributed by atoms with E-state index in [1.807, 2.05) is 24.3 Å². The molecule has 4 aromatic rings.